The quantitative estimate of drug-likeness (QED) is 0.692. The van der Waals surface area contributed by atoms with Crippen molar-refractivity contribution in [2.45, 2.75) is 24.4 Å². The van der Waals surface area contributed by atoms with Crippen molar-refractivity contribution in [1.82, 2.24) is 4.90 Å². The maximum Gasteiger partial charge on any atom is 0.254 e. The minimum absolute atomic E-state index is 0.120. The fourth-order valence-corrected chi connectivity index (χ4v) is 3.42. The molecule has 1 atom stereocenters. The van der Waals surface area contributed by atoms with Gasteiger partial charge in [0.25, 0.3) is 5.91 Å². The molecular formula is C20H25NO5S. The number of amides is 1. The van der Waals surface area contributed by atoms with Crippen LogP contribution in [0, 0.1) is 0 Å². The number of nitrogens with zero attached hydrogens (tertiary/aromatic N) is 1. The van der Waals surface area contributed by atoms with Gasteiger partial charge in [-0.3, -0.25) is 4.79 Å². The number of carbonyl (C=O) groups is 1. The van der Waals surface area contributed by atoms with Crippen LogP contribution in [0.2, 0.25) is 0 Å². The lowest BCUT2D eigenvalue weighted by molar-refractivity contribution is 0.0541. The lowest BCUT2D eigenvalue weighted by Crippen LogP contribution is -2.40. The van der Waals surface area contributed by atoms with Crippen LogP contribution in [-0.2, 0) is 21.1 Å². The highest BCUT2D eigenvalue weighted by atomic mass is 32.2. The lowest BCUT2D eigenvalue weighted by Gasteiger charge is -2.29. The maximum absolute atomic E-state index is 13.1. The molecule has 2 aromatic carbocycles. The molecule has 0 aliphatic carbocycles. The van der Waals surface area contributed by atoms with Crippen LogP contribution in [0.1, 0.15) is 22.8 Å². The van der Waals surface area contributed by atoms with Gasteiger partial charge < -0.3 is 14.4 Å². The summed E-state index contributed by atoms with van der Waals surface area (Å²) >= 11 is 0. The van der Waals surface area contributed by atoms with Crippen molar-refractivity contribution in [3.63, 3.8) is 0 Å². The van der Waals surface area contributed by atoms with Crippen LogP contribution in [0.5, 0.6) is 5.75 Å². The fourth-order valence-electron chi connectivity index (χ4n) is 2.75. The summed E-state index contributed by atoms with van der Waals surface area (Å²) in [4.78, 5) is 14.9. The highest BCUT2D eigenvalue weighted by molar-refractivity contribution is 7.90. The second kappa shape index (κ2) is 9.01. The number of methoxy groups -OCH3 is 2. The summed E-state index contributed by atoms with van der Waals surface area (Å²) in [6, 6.07) is 13.4. The molecule has 2 aromatic rings. The van der Waals surface area contributed by atoms with Crippen LogP contribution < -0.4 is 4.74 Å². The maximum atomic E-state index is 13.1. The topological polar surface area (TPSA) is 72.9 Å². The van der Waals surface area contributed by atoms with Crippen LogP contribution in [0.25, 0.3) is 0 Å². The molecule has 0 heterocycles. The van der Waals surface area contributed by atoms with Crippen molar-refractivity contribution < 1.29 is 22.7 Å². The van der Waals surface area contributed by atoms with E-state index in [9.17, 15) is 13.2 Å². The zero-order valence-corrected chi connectivity index (χ0v) is 16.8. The number of hydrogen-bond acceptors (Lipinski definition) is 5. The summed E-state index contributed by atoms with van der Waals surface area (Å²) in [6.07, 6.45) is 1.12. The van der Waals surface area contributed by atoms with E-state index < -0.39 is 9.84 Å². The van der Waals surface area contributed by atoms with E-state index in [1.54, 1.807) is 31.3 Å². The minimum atomic E-state index is -3.39. The van der Waals surface area contributed by atoms with Crippen LogP contribution in [0.15, 0.2) is 53.4 Å². The first-order chi connectivity index (χ1) is 12.8. The van der Waals surface area contributed by atoms with E-state index in [4.69, 9.17) is 9.47 Å². The molecule has 27 heavy (non-hydrogen) atoms. The Hall–Kier alpha value is -2.38. The van der Waals surface area contributed by atoms with Gasteiger partial charge in [-0.2, -0.15) is 0 Å². The lowest BCUT2D eigenvalue weighted by atomic mass is 10.1. The average molecular weight is 391 g/mol. The molecule has 146 valence electrons. The summed E-state index contributed by atoms with van der Waals surface area (Å²) in [6.45, 7) is 2.60. The normalized spacial score (nSPS) is 12.4. The predicted molar refractivity (Wildman–Crippen MR) is 104 cm³/mol. The number of carbonyl (C=O) groups excluding carboxylic acids is 1. The standard InChI is InChI=1S/C20H25NO5S/c1-15(14-25-2)21(13-16-7-5-9-18(11-16)26-3)20(22)17-8-6-10-19(12-17)27(4,23)24/h5-12,15H,13-14H2,1-4H3. The first kappa shape index (κ1) is 20.9. The van der Waals surface area contributed by atoms with Gasteiger partial charge in [0.15, 0.2) is 9.84 Å². The molecule has 6 nitrogen and oxygen atoms in total. The van der Waals surface area contributed by atoms with Gasteiger partial charge in [0.1, 0.15) is 5.75 Å². The Kier molecular flexibility index (Phi) is 6.98. The summed E-state index contributed by atoms with van der Waals surface area (Å²) in [5.74, 6) is 0.450. The first-order valence-corrected chi connectivity index (χ1v) is 10.4. The Morgan fingerprint density at radius 1 is 1.11 bits per heavy atom. The fraction of sp³-hybridized carbons (Fsp3) is 0.350. The number of benzene rings is 2. The predicted octanol–water partition coefficient (Wildman–Crippen LogP) is 2.78. The summed E-state index contributed by atoms with van der Waals surface area (Å²) in [5.41, 5.74) is 1.23. The SMILES string of the molecule is COCC(C)N(Cc1cccc(OC)c1)C(=O)c1cccc(S(C)(=O)=O)c1. The van der Waals surface area contributed by atoms with Crippen molar-refractivity contribution >= 4 is 15.7 Å². The number of rotatable bonds is 8. The van der Waals surface area contributed by atoms with Crippen molar-refractivity contribution in [3.8, 4) is 5.75 Å². The Morgan fingerprint density at radius 2 is 1.81 bits per heavy atom. The van der Waals surface area contributed by atoms with Crippen molar-refractivity contribution in [1.29, 1.82) is 0 Å². The zero-order chi connectivity index (χ0) is 20.0. The molecular weight excluding hydrogens is 366 g/mol. The molecule has 0 aromatic heterocycles. The molecule has 0 bridgehead atoms. The van der Waals surface area contributed by atoms with E-state index in [1.807, 2.05) is 31.2 Å². The number of ether oxygens (including phenoxy) is 2. The van der Waals surface area contributed by atoms with Crippen LogP contribution >= 0.6 is 0 Å². The highest BCUT2D eigenvalue weighted by Gasteiger charge is 2.23. The molecule has 0 aliphatic heterocycles. The van der Waals surface area contributed by atoms with Gasteiger partial charge in [-0.1, -0.05) is 18.2 Å². The monoisotopic (exact) mass is 391 g/mol. The minimum Gasteiger partial charge on any atom is -0.497 e. The van der Waals surface area contributed by atoms with E-state index in [0.717, 1.165) is 11.8 Å². The third kappa shape index (κ3) is 5.55. The third-order valence-corrected chi connectivity index (χ3v) is 5.31. The Morgan fingerprint density at radius 3 is 2.44 bits per heavy atom. The van der Waals surface area contributed by atoms with Gasteiger partial charge in [0.2, 0.25) is 0 Å². The molecule has 0 saturated heterocycles. The van der Waals surface area contributed by atoms with E-state index >= 15 is 0 Å². The smallest absolute Gasteiger partial charge is 0.254 e. The molecule has 2 rings (SSSR count). The van der Waals surface area contributed by atoms with Crippen LogP contribution in [0.4, 0.5) is 0 Å². The Labute approximate surface area is 160 Å². The van der Waals surface area contributed by atoms with E-state index in [0.29, 0.717) is 24.5 Å². The van der Waals surface area contributed by atoms with Gasteiger partial charge >= 0.3 is 0 Å². The number of hydrogen-bond donors (Lipinski definition) is 0. The molecule has 0 radical (unpaired) electrons. The molecule has 0 aliphatic rings. The molecule has 0 N–H and O–H groups in total. The Bertz CT molecular complexity index is 895. The van der Waals surface area contributed by atoms with Gasteiger partial charge in [-0.05, 0) is 42.8 Å². The summed E-state index contributed by atoms with van der Waals surface area (Å²) in [7, 11) is -0.227. The van der Waals surface area contributed by atoms with Gasteiger partial charge in [0.05, 0.1) is 24.7 Å². The van der Waals surface area contributed by atoms with E-state index in [-0.39, 0.29) is 16.8 Å². The van der Waals surface area contributed by atoms with E-state index in [2.05, 4.69) is 0 Å². The second-order valence-corrected chi connectivity index (χ2v) is 8.40. The first-order valence-electron chi connectivity index (χ1n) is 8.49. The second-order valence-electron chi connectivity index (χ2n) is 6.39. The average Bonchev–Trinajstić information content (AvgIpc) is 2.65. The Balaban J connectivity index is 2.37. The van der Waals surface area contributed by atoms with Gasteiger partial charge in [0, 0.05) is 25.5 Å². The third-order valence-electron chi connectivity index (χ3n) is 4.20. The van der Waals surface area contributed by atoms with Crippen molar-refractivity contribution in [2.24, 2.45) is 0 Å². The number of sulfone groups is 1. The van der Waals surface area contributed by atoms with Crippen molar-refractivity contribution in [3.05, 3.63) is 59.7 Å². The van der Waals surface area contributed by atoms with Gasteiger partial charge in [-0.15, -0.1) is 0 Å². The molecule has 0 fully saturated rings. The summed E-state index contributed by atoms with van der Waals surface area (Å²) in [5, 5.41) is 0. The molecule has 1 amide bonds. The molecule has 0 spiro atoms. The zero-order valence-electron chi connectivity index (χ0n) is 16.0. The highest BCUT2D eigenvalue weighted by Crippen LogP contribution is 2.19. The molecule has 0 saturated carbocycles. The molecule has 1 unspecified atom stereocenters. The van der Waals surface area contributed by atoms with Gasteiger partial charge in [-0.25, -0.2) is 8.42 Å². The van der Waals surface area contributed by atoms with Crippen LogP contribution in [-0.4, -0.2) is 52.3 Å². The summed E-state index contributed by atoms with van der Waals surface area (Å²) < 4.78 is 34.1. The van der Waals surface area contributed by atoms with Crippen LogP contribution in [0.3, 0.4) is 0 Å². The van der Waals surface area contributed by atoms with E-state index in [1.165, 1.54) is 12.1 Å². The molecule has 7 heteroatoms. The van der Waals surface area contributed by atoms with Crippen molar-refractivity contribution in [2.75, 3.05) is 27.1 Å². The largest absolute Gasteiger partial charge is 0.497 e.